The summed E-state index contributed by atoms with van der Waals surface area (Å²) in [7, 11) is 11.7. The lowest BCUT2D eigenvalue weighted by Gasteiger charge is -2.38. The molecule has 0 aromatic heterocycles. The fourth-order valence-electron chi connectivity index (χ4n) is 4.75. The van der Waals surface area contributed by atoms with Crippen molar-refractivity contribution >= 4 is 39.5 Å². The second-order valence-corrected chi connectivity index (χ2v) is 9.10. The zero-order chi connectivity index (χ0) is 25.4. The largest absolute Gasteiger partial charge is 0.489 e. The van der Waals surface area contributed by atoms with Gasteiger partial charge in [0, 0.05) is 30.6 Å². The van der Waals surface area contributed by atoms with Gasteiger partial charge in [0.2, 0.25) is 25.7 Å². The van der Waals surface area contributed by atoms with Gasteiger partial charge in [0.25, 0.3) is 5.91 Å². The van der Waals surface area contributed by atoms with E-state index in [1.807, 2.05) is 24.3 Å². The van der Waals surface area contributed by atoms with Crippen LogP contribution in [0.2, 0.25) is 5.82 Å². The Labute approximate surface area is 211 Å². The van der Waals surface area contributed by atoms with Crippen LogP contribution in [0.15, 0.2) is 42.5 Å². The topological polar surface area (TPSA) is 96.5 Å². The number of rotatable bonds is 6. The third-order valence-electron chi connectivity index (χ3n) is 6.74. The summed E-state index contributed by atoms with van der Waals surface area (Å²) in [5, 5.41) is 0. The molecule has 0 N–H and O–H groups in total. The van der Waals surface area contributed by atoms with Crippen LogP contribution in [0.1, 0.15) is 33.5 Å². The third kappa shape index (κ3) is 4.51. The Kier molecular flexibility index (Phi) is 6.57. The molecular weight excluding hydrogens is 460 g/mol. The van der Waals surface area contributed by atoms with Crippen LogP contribution in [-0.4, -0.2) is 79.9 Å². The van der Waals surface area contributed by atoms with Gasteiger partial charge in [-0.2, -0.15) is 0 Å². The molecule has 4 radical (unpaired) electrons. The molecule has 2 saturated heterocycles. The van der Waals surface area contributed by atoms with Crippen LogP contribution in [0, 0.1) is 0 Å². The van der Waals surface area contributed by atoms with Gasteiger partial charge in [-0.25, -0.2) is 0 Å². The van der Waals surface area contributed by atoms with Crippen LogP contribution < -0.4 is 4.74 Å². The zero-order valence-corrected chi connectivity index (χ0v) is 19.6. The van der Waals surface area contributed by atoms with Crippen LogP contribution in [0.3, 0.4) is 0 Å². The number of imide groups is 1. The average Bonchev–Trinajstić information content (AvgIpc) is 3.20. The third-order valence-corrected chi connectivity index (χ3v) is 6.74. The van der Waals surface area contributed by atoms with Crippen molar-refractivity contribution in [2.45, 2.75) is 38.0 Å². The summed E-state index contributed by atoms with van der Waals surface area (Å²) in [5.41, 5.74) is 3.02. The van der Waals surface area contributed by atoms with Gasteiger partial charge in [-0.05, 0) is 29.1 Å². The minimum Gasteiger partial charge on any atom is -0.489 e. The summed E-state index contributed by atoms with van der Waals surface area (Å²) in [4.78, 5) is 53.2. The Hall–Kier alpha value is -3.59. The highest BCUT2D eigenvalue weighted by Gasteiger charge is 2.45. The lowest BCUT2D eigenvalue weighted by molar-refractivity contribution is -0.145. The Balaban J connectivity index is 1.26. The van der Waals surface area contributed by atoms with E-state index in [1.165, 1.54) is 4.90 Å². The molecule has 4 amide bonds. The van der Waals surface area contributed by atoms with Crippen molar-refractivity contribution in [3.8, 4) is 5.75 Å². The first-order valence-corrected chi connectivity index (χ1v) is 11.7. The summed E-state index contributed by atoms with van der Waals surface area (Å²) < 4.78 is 11.2. The molecule has 0 spiro atoms. The number of benzene rings is 2. The van der Waals surface area contributed by atoms with E-state index in [1.54, 1.807) is 23.1 Å². The van der Waals surface area contributed by atoms with Crippen LogP contribution >= 0.6 is 0 Å². The molecule has 2 aromatic carbocycles. The lowest BCUT2D eigenvalue weighted by atomic mass is 9.73. The number of carbonyl (C=O) groups excluding carboxylic acids is 4. The van der Waals surface area contributed by atoms with Gasteiger partial charge < -0.3 is 24.1 Å². The average molecular weight is 483 g/mol. The molecular formula is C25H23B2N3O6. The number of fused-ring (bicyclic) bond motifs is 1. The number of morpholine rings is 1. The molecule has 36 heavy (non-hydrogen) atoms. The first-order valence-electron chi connectivity index (χ1n) is 11.7. The van der Waals surface area contributed by atoms with Crippen molar-refractivity contribution in [3.63, 3.8) is 0 Å². The molecule has 11 heteroatoms. The molecule has 0 saturated carbocycles. The number of amides is 4. The van der Waals surface area contributed by atoms with Crippen LogP contribution in [0.5, 0.6) is 5.75 Å². The fraction of sp³-hybridized carbons (Fsp3) is 0.360. The van der Waals surface area contributed by atoms with Gasteiger partial charge >= 0.3 is 0 Å². The van der Waals surface area contributed by atoms with Crippen molar-refractivity contribution in [2.24, 2.45) is 0 Å². The Morgan fingerprint density at radius 2 is 1.75 bits per heavy atom. The number of piperidine rings is 1. The lowest BCUT2D eigenvalue weighted by Crippen LogP contribution is -2.56. The van der Waals surface area contributed by atoms with E-state index in [9.17, 15) is 19.2 Å². The summed E-state index contributed by atoms with van der Waals surface area (Å²) in [5.74, 6) is -1.94. The summed E-state index contributed by atoms with van der Waals surface area (Å²) in [6.07, 6.45) is -0.119. The highest BCUT2D eigenvalue weighted by molar-refractivity contribution is 6.30. The van der Waals surface area contributed by atoms with E-state index in [2.05, 4.69) is 0 Å². The first kappa shape index (κ1) is 24.1. The van der Waals surface area contributed by atoms with Gasteiger partial charge in [-0.15, -0.1) is 0 Å². The molecule has 2 aromatic rings. The molecule has 2 atom stereocenters. The molecule has 3 heterocycles. The fourth-order valence-corrected chi connectivity index (χ4v) is 4.75. The molecule has 2 fully saturated rings. The summed E-state index contributed by atoms with van der Waals surface area (Å²) >= 11 is 0. The van der Waals surface area contributed by atoms with Crippen molar-refractivity contribution in [1.29, 1.82) is 0 Å². The van der Waals surface area contributed by atoms with Crippen molar-refractivity contribution in [2.75, 3.05) is 19.8 Å². The quantitative estimate of drug-likeness (QED) is 0.445. The maximum atomic E-state index is 13.1. The van der Waals surface area contributed by atoms with Gasteiger partial charge in [-0.1, -0.05) is 30.3 Å². The van der Waals surface area contributed by atoms with E-state index in [0.717, 1.165) is 11.1 Å². The maximum Gasteiger partial charge on any atom is 0.255 e. The van der Waals surface area contributed by atoms with Gasteiger partial charge in [-0.3, -0.25) is 19.2 Å². The predicted molar refractivity (Wildman–Crippen MR) is 129 cm³/mol. The molecule has 180 valence electrons. The van der Waals surface area contributed by atoms with Crippen LogP contribution in [0.4, 0.5) is 0 Å². The van der Waals surface area contributed by atoms with E-state index < -0.39 is 23.7 Å². The molecule has 0 bridgehead atoms. The predicted octanol–water partition coefficient (Wildman–Crippen LogP) is 0.748. The smallest absolute Gasteiger partial charge is 0.255 e. The second kappa shape index (κ2) is 9.81. The van der Waals surface area contributed by atoms with Crippen molar-refractivity contribution in [3.05, 3.63) is 64.7 Å². The molecule has 9 nitrogen and oxygen atoms in total. The SMILES string of the molecule is [B]C1CC(=O)N([B])C(=O)C1N1Cc2c(OCc3ccc(CN4CCOCC4=O)cc3)cccc2C1=O. The van der Waals surface area contributed by atoms with Crippen LogP contribution in [0.25, 0.3) is 0 Å². The minimum absolute atomic E-state index is 0.0168. The van der Waals surface area contributed by atoms with E-state index in [0.29, 0.717) is 41.4 Å². The van der Waals surface area contributed by atoms with E-state index in [4.69, 9.17) is 25.3 Å². The van der Waals surface area contributed by atoms with Crippen molar-refractivity contribution < 1.29 is 28.7 Å². The minimum atomic E-state index is -1.02. The van der Waals surface area contributed by atoms with Gasteiger partial charge in [0.1, 0.15) is 25.0 Å². The number of ether oxygens (including phenoxy) is 2. The molecule has 2 unspecified atom stereocenters. The first-order chi connectivity index (χ1) is 17.3. The number of nitrogens with zero attached hydrogens (tertiary/aromatic N) is 3. The maximum absolute atomic E-state index is 13.1. The van der Waals surface area contributed by atoms with Gasteiger partial charge in [0.15, 0.2) is 0 Å². The van der Waals surface area contributed by atoms with E-state index >= 15 is 0 Å². The monoisotopic (exact) mass is 483 g/mol. The Bertz CT molecular complexity index is 1220. The number of hydrogen-bond donors (Lipinski definition) is 0. The van der Waals surface area contributed by atoms with Crippen LogP contribution in [-0.2, 0) is 38.8 Å². The van der Waals surface area contributed by atoms with Gasteiger partial charge in [0.05, 0.1) is 21.0 Å². The molecule has 0 aliphatic carbocycles. The normalized spacial score (nSPS) is 22.3. The highest BCUT2D eigenvalue weighted by atomic mass is 16.5. The van der Waals surface area contributed by atoms with E-state index in [-0.39, 0.29) is 38.0 Å². The number of carbonyl (C=O) groups is 4. The standard InChI is InChI=1S/C25H23B2N3O6/c26-19-10-21(31)30(27)25(34)23(19)29-12-18-17(24(29)33)2-1-3-20(18)36-13-16-6-4-15(5-7-16)11-28-8-9-35-14-22(28)32/h1-7,19,23H,8-14H2. The molecule has 3 aliphatic rings. The Morgan fingerprint density at radius 3 is 2.50 bits per heavy atom. The number of hydrogen-bond acceptors (Lipinski definition) is 6. The highest BCUT2D eigenvalue weighted by Crippen LogP contribution is 2.36. The second-order valence-electron chi connectivity index (χ2n) is 9.10. The Morgan fingerprint density at radius 1 is 1.00 bits per heavy atom. The van der Waals surface area contributed by atoms with Crippen molar-refractivity contribution in [1.82, 2.24) is 14.6 Å². The summed E-state index contributed by atoms with van der Waals surface area (Å²) in [6, 6.07) is 11.9. The zero-order valence-electron chi connectivity index (χ0n) is 19.6. The molecule has 3 aliphatic heterocycles. The molecule has 5 rings (SSSR count). The summed E-state index contributed by atoms with van der Waals surface area (Å²) in [6.45, 7) is 2.17.